The monoisotopic (exact) mass is 440 g/mol. The van der Waals surface area contributed by atoms with E-state index in [-0.39, 0.29) is 10.8 Å². The van der Waals surface area contributed by atoms with Crippen LogP contribution in [0.5, 0.6) is 11.5 Å². The molecule has 0 saturated heterocycles. The molecule has 0 unspecified atom stereocenters. The van der Waals surface area contributed by atoms with Crippen LogP contribution in [-0.4, -0.2) is 7.11 Å². The van der Waals surface area contributed by atoms with Gasteiger partial charge in [-0.15, -0.1) is 0 Å². The van der Waals surface area contributed by atoms with Gasteiger partial charge in [0.1, 0.15) is 11.5 Å². The Labute approximate surface area is 181 Å². The lowest BCUT2D eigenvalue weighted by Crippen LogP contribution is -2.15. The summed E-state index contributed by atoms with van der Waals surface area (Å²) in [6.07, 6.45) is 0. The summed E-state index contributed by atoms with van der Waals surface area (Å²) in [5.74, 6) is 1.60. The fraction of sp³-hybridized carbons (Fsp3) is 0.478. The quantitative estimate of drug-likeness (QED) is 0.442. The summed E-state index contributed by atoms with van der Waals surface area (Å²) in [6.45, 7) is 15.7. The third-order valence-electron chi connectivity index (χ3n) is 4.74. The Balaban J connectivity index is 2.95. The average molecular weight is 441 g/mol. The molecule has 2 aromatic carbocycles. The van der Waals surface area contributed by atoms with Gasteiger partial charge in [-0.05, 0) is 70.4 Å². The highest BCUT2D eigenvalue weighted by atomic mass is 35.9. The van der Waals surface area contributed by atoms with E-state index in [9.17, 15) is 0 Å². The highest BCUT2D eigenvalue weighted by molar-refractivity contribution is 8.00. The summed E-state index contributed by atoms with van der Waals surface area (Å²) >= 11 is 12.2. The first-order valence-corrected chi connectivity index (χ1v) is 12.5. The zero-order chi connectivity index (χ0) is 21.4. The van der Waals surface area contributed by atoms with Crippen molar-refractivity contribution in [3.8, 4) is 22.6 Å². The van der Waals surface area contributed by atoms with E-state index in [0.717, 1.165) is 39.3 Å². The van der Waals surface area contributed by atoms with Crippen molar-refractivity contribution in [3.63, 3.8) is 0 Å². The van der Waals surface area contributed by atoms with E-state index in [4.69, 9.17) is 31.7 Å². The average Bonchev–Trinajstić information content (AvgIpc) is 2.53. The number of halogens is 2. The first kappa shape index (κ1) is 23.3. The van der Waals surface area contributed by atoms with E-state index in [1.807, 2.05) is 0 Å². The van der Waals surface area contributed by atoms with Crippen LogP contribution in [0.1, 0.15) is 63.8 Å². The minimum Gasteiger partial charge on any atom is -0.496 e. The second-order valence-electron chi connectivity index (χ2n) is 9.38. The lowest BCUT2D eigenvalue weighted by Gasteiger charge is -2.28. The van der Waals surface area contributed by atoms with Crippen LogP contribution in [0.4, 0.5) is 0 Å². The number of hydrogen-bond acceptors (Lipinski definition) is 2. The van der Waals surface area contributed by atoms with E-state index >= 15 is 0 Å². The van der Waals surface area contributed by atoms with E-state index in [0.29, 0.717) is 0 Å². The molecule has 0 fully saturated rings. The Morgan fingerprint density at radius 3 is 1.46 bits per heavy atom. The minimum atomic E-state index is -1.60. The normalized spacial score (nSPS) is 12.4. The van der Waals surface area contributed by atoms with Crippen LogP contribution in [0.3, 0.4) is 0 Å². The summed E-state index contributed by atoms with van der Waals surface area (Å²) in [5.41, 5.74) is 6.35. The molecule has 28 heavy (non-hydrogen) atoms. The molecule has 0 atom stereocenters. The summed E-state index contributed by atoms with van der Waals surface area (Å²) in [6, 6.07) is 8.62. The molecule has 154 valence electrons. The standard InChI is InChI=1S/C23H31Cl2O2P/c1-14-10-16(20(26-9)18(12-14)22(3,4)5)17-11-15(2)13-19(23(6,7)8)21(17)27-28(24)25/h10-13H,1-9H3. The van der Waals surface area contributed by atoms with Gasteiger partial charge >= 0.3 is 0 Å². The van der Waals surface area contributed by atoms with Crippen LogP contribution in [0, 0.1) is 13.8 Å². The van der Waals surface area contributed by atoms with Crippen molar-refractivity contribution in [2.75, 3.05) is 7.11 Å². The number of rotatable bonds is 4. The molecule has 2 nitrogen and oxygen atoms in total. The Kier molecular flexibility index (Phi) is 7.02. The largest absolute Gasteiger partial charge is 0.496 e. The predicted octanol–water partition coefficient (Wildman–Crippen LogP) is 8.66. The van der Waals surface area contributed by atoms with Gasteiger partial charge in [-0.25, -0.2) is 0 Å². The van der Waals surface area contributed by atoms with Crippen molar-refractivity contribution in [1.29, 1.82) is 0 Å². The van der Waals surface area contributed by atoms with Crippen molar-refractivity contribution in [1.82, 2.24) is 0 Å². The Bertz CT molecular complexity index is 862. The maximum absolute atomic E-state index is 6.12. The maximum atomic E-state index is 6.12. The molecule has 0 spiro atoms. The van der Waals surface area contributed by atoms with Crippen molar-refractivity contribution >= 4 is 29.3 Å². The second kappa shape index (κ2) is 8.42. The van der Waals surface area contributed by atoms with Crippen LogP contribution in [0.25, 0.3) is 11.1 Å². The van der Waals surface area contributed by atoms with E-state index in [1.54, 1.807) is 7.11 Å². The van der Waals surface area contributed by atoms with Crippen LogP contribution < -0.4 is 9.26 Å². The highest BCUT2D eigenvalue weighted by Gasteiger charge is 2.28. The number of hydrogen-bond donors (Lipinski definition) is 0. The van der Waals surface area contributed by atoms with Gasteiger partial charge in [0.15, 0.2) is 0 Å². The summed E-state index contributed by atoms with van der Waals surface area (Å²) < 4.78 is 11.9. The first-order chi connectivity index (χ1) is 12.8. The minimum absolute atomic E-state index is 0.0601. The van der Waals surface area contributed by atoms with Crippen molar-refractivity contribution in [2.24, 2.45) is 0 Å². The number of benzene rings is 2. The van der Waals surface area contributed by atoms with Crippen LogP contribution in [0.2, 0.25) is 0 Å². The highest BCUT2D eigenvalue weighted by Crippen LogP contribution is 2.54. The van der Waals surface area contributed by atoms with E-state index in [2.05, 4.69) is 79.7 Å². The van der Waals surface area contributed by atoms with Gasteiger partial charge in [0.2, 0.25) is 0 Å². The molecule has 0 N–H and O–H groups in total. The zero-order valence-corrected chi connectivity index (χ0v) is 20.7. The Morgan fingerprint density at radius 2 is 1.11 bits per heavy atom. The van der Waals surface area contributed by atoms with E-state index < -0.39 is 6.85 Å². The molecule has 0 radical (unpaired) electrons. The Hall–Kier alpha value is -0.950. The third kappa shape index (κ3) is 5.15. The number of ether oxygens (including phenoxy) is 1. The SMILES string of the molecule is COc1c(-c2cc(C)cc(C(C)(C)C)c2OP(Cl)Cl)cc(C)cc1C(C)(C)C. The van der Waals surface area contributed by atoms with Gasteiger partial charge in [-0.1, -0.05) is 53.7 Å². The van der Waals surface area contributed by atoms with Gasteiger partial charge in [-0.3, -0.25) is 0 Å². The summed E-state index contributed by atoms with van der Waals surface area (Å²) in [5, 5.41) is 0. The smallest absolute Gasteiger partial charge is 0.284 e. The molecule has 2 aromatic rings. The molecule has 5 heteroatoms. The van der Waals surface area contributed by atoms with E-state index in [1.165, 1.54) is 5.56 Å². The fourth-order valence-corrected chi connectivity index (χ4v) is 4.20. The third-order valence-corrected chi connectivity index (χ3v) is 5.47. The van der Waals surface area contributed by atoms with Gasteiger partial charge < -0.3 is 9.26 Å². The topological polar surface area (TPSA) is 18.5 Å². The van der Waals surface area contributed by atoms with Gasteiger partial charge in [0.25, 0.3) is 6.85 Å². The Morgan fingerprint density at radius 1 is 0.714 bits per heavy atom. The maximum Gasteiger partial charge on any atom is 0.284 e. The number of methoxy groups -OCH3 is 1. The van der Waals surface area contributed by atoms with Crippen molar-refractivity contribution in [3.05, 3.63) is 46.5 Å². The molecular weight excluding hydrogens is 410 g/mol. The van der Waals surface area contributed by atoms with Crippen LogP contribution >= 0.6 is 29.3 Å². The number of aryl methyl sites for hydroxylation is 2. The van der Waals surface area contributed by atoms with Crippen molar-refractivity contribution < 1.29 is 9.26 Å². The lowest BCUT2D eigenvalue weighted by atomic mass is 9.80. The lowest BCUT2D eigenvalue weighted by molar-refractivity contribution is 0.399. The van der Waals surface area contributed by atoms with Gasteiger partial charge in [0, 0.05) is 22.3 Å². The molecule has 2 rings (SSSR count). The predicted molar refractivity (Wildman–Crippen MR) is 125 cm³/mol. The zero-order valence-electron chi connectivity index (χ0n) is 18.3. The second-order valence-corrected chi connectivity index (χ2v) is 12.3. The summed E-state index contributed by atoms with van der Waals surface area (Å²) in [7, 11) is 1.72. The molecule has 0 aliphatic rings. The first-order valence-electron chi connectivity index (χ1n) is 9.40. The van der Waals surface area contributed by atoms with Crippen LogP contribution in [0.15, 0.2) is 24.3 Å². The van der Waals surface area contributed by atoms with Gasteiger partial charge in [0.05, 0.1) is 7.11 Å². The molecule has 0 aromatic heterocycles. The molecular formula is C23H31Cl2O2P. The molecule has 0 aliphatic heterocycles. The van der Waals surface area contributed by atoms with Crippen molar-refractivity contribution in [2.45, 2.75) is 66.2 Å². The van der Waals surface area contributed by atoms with Gasteiger partial charge in [-0.2, -0.15) is 0 Å². The van der Waals surface area contributed by atoms with Crippen LogP contribution in [-0.2, 0) is 10.8 Å². The summed E-state index contributed by atoms with van der Waals surface area (Å²) in [4.78, 5) is 0. The fourth-order valence-electron chi connectivity index (χ4n) is 3.45. The molecule has 0 amide bonds. The molecule has 0 aliphatic carbocycles. The molecule has 0 bridgehead atoms. The molecule has 0 heterocycles. The molecule has 0 saturated carbocycles.